The van der Waals surface area contributed by atoms with Crippen molar-refractivity contribution < 1.29 is 30.7 Å². The number of nitrogens with zero attached hydrogens (tertiary/aromatic N) is 2. The quantitative estimate of drug-likeness (QED) is 0.453. The van der Waals surface area contributed by atoms with Gasteiger partial charge in [0.1, 0.15) is 0 Å². The highest BCUT2D eigenvalue weighted by Crippen LogP contribution is 2.31. The average Bonchev–Trinajstić information content (AvgIpc) is 2.34. The largest absolute Gasteiger partial charge is 0.361 e. The van der Waals surface area contributed by atoms with Gasteiger partial charge in [0.2, 0.25) is 5.25 Å². The van der Waals surface area contributed by atoms with Gasteiger partial charge in [-0.2, -0.15) is 21.6 Å². The maximum Gasteiger partial charge on any atom is 0.324 e. The van der Waals surface area contributed by atoms with Crippen LogP contribution in [-0.2, 0) is 20.2 Å². The molecule has 0 aromatic heterocycles. The number of hydrogen-bond acceptors (Lipinski definition) is 4. The molecule has 0 saturated carbocycles. The van der Waals surface area contributed by atoms with E-state index in [1.165, 1.54) is 24.3 Å². The van der Waals surface area contributed by atoms with Crippen LogP contribution in [0.4, 0.5) is 0 Å². The Bertz CT molecular complexity index is 863. The molecule has 0 bridgehead atoms. The van der Waals surface area contributed by atoms with Crippen molar-refractivity contribution in [1.29, 1.82) is 0 Å². The standard InChI is InChI=1S/C10H8N2O6S2/c11-12-10-7-4-2-1-3-6(7)8(19(13,14)15)5-9(10)20(16,17)18/h1-5,9H,(H,13,14,15)(H,16,17,18). The SMILES string of the molecule is [N-]=[N+]=C1c2ccccc2C(S(=O)(=O)O)=CC1S(=O)(=O)O. The molecule has 2 rings (SSSR count). The lowest BCUT2D eigenvalue weighted by Crippen LogP contribution is -2.34. The summed E-state index contributed by atoms with van der Waals surface area (Å²) in [5, 5.41) is -1.89. The van der Waals surface area contributed by atoms with E-state index in [-0.39, 0.29) is 11.1 Å². The van der Waals surface area contributed by atoms with Gasteiger partial charge in [0.15, 0.2) is 0 Å². The molecule has 2 N–H and O–H groups in total. The highest BCUT2D eigenvalue weighted by atomic mass is 32.2. The Morgan fingerprint density at radius 1 is 1.05 bits per heavy atom. The molecule has 0 aliphatic heterocycles. The summed E-state index contributed by atoms with van der Waals surface area (Å²) in [6.07, 6.45) is 0.613. The van der Waals surface area contributed by atoms with E-state index in [9.17, 15) is 16.8 Å². The van der Waals surface area contributed by atoms with Crippen LogP contribution in [0.3, 0.4) is 0 Å². The van der Waals surface area contributed by atoms with Crippen molar-refractivity contribution in [3.8, 4) is 0 Å². The van der Waals surface area contributed by atoms with Gasteiger partial charge in [0.05, 0.1) is 10.5 Å². The van der Waals surface area contributed by atoms with Crippen LogP contribution < -0.4 is 0 Å². The summed E-state index contributed by atoms with van der Waals surface area (Å²) in [4.78, 5) is 2.13. The summed E-state index contributed by atoms with van der Waals surface area (Å²) in [6, 6.07) is 5.53. The first-order chi connectivity index (χ1) is 9.16. The predicted octanol–water partition coefficient (Wildman–Crippen LogP) is 0.204. The second-order valence-electron chi connectivity index (χ2n) is 3.97. The fourth-order valence-corrected chi connectivity index (χ4v) is 3.56. The summed E-state index contributed by atoms with van der Waals surface area (Å²) in [5.41, 5.74) is 8.45. The van der Waals surface area contributed by atoms with E-state index in [0.29, 0.717) is 6.08 Å². The van der Waals surface area contributed by atoms with Crippen LogP contribution in [0, 0.1) is 0 Å². The molecular formula is C10H8N2O6S2. The van der Waals surface area contributed by atoms with Crippen LogP contribution in [0.2, 0.25) is 0 Å². The van der Waals surface area contributed by atoms with Crippen molar-refractivity contribution in [3.63, 3.8) is 0 Å². The van der Waals surface area contributed by atoms with E-state index in [1.807, 2.05) is 0 Å². The Morgan fingerprint density at radius 2 is 1.60 bits per heavy atom. The molecule has 0 fully saturated rings. The lowest BCUT2D eigenvalue weighted by Gasteiger charge is -2.17. The second kappa shape index (κ2) is 4.62. The van der Waals surface area contributed by atoms with Gasteiger partial charge in [-0.25, -0.2) is 0 Å². The normalized spacial score (nSPS) is 19.0. The Balaban J connectivity index is 2.90. The summed E-state index contributed by atoms with van der Waals surface area (Å²) in [5.74, 6) is 0. The van der Waals surface area contributed by atoms with E-state index >= 15 is 0 Å². The van der Waals surface area contributed by atoms with Crippen molar-refractivity contribution in [3.05, 3.63) is 47.0 Å². The third kappa shape index (κ3) is 2.42. The Morgan fingerprint density at radius 3 is 2.05 bits per heavy atom. The number of hydrogen-bond donors (Lipinski definition) is 2. The predicted molar refractivity (Wildman–Crippen MR) is 69.0 cm³/mol. The topological polar surface area (TPSA) is 145 Å². The Hall–Kier alpha value is -1.84. The molecule has 1 atom stereocenters. The van der Waals surface area contributed by atoms with Gasteiger partial charge < -0.3 is 5.53 Å². The lowest BCUT2D eigenvalue weighted by molar-refractivity contribution is -0.00591. The molecule has 20 heavy (non-hydrogen) atoms. The van der Waals surface area contributed by atoms with Crippen molar-refractivity contribution >= 4 is 30.9 Å². The first-order valence-corrected chi connectivity index (χ1v) is 8.08. The maximum atomic E-state index is 11.3. The Kier molecular flexibility index (Phi) is 3.36. The van der Waals surface area contributed by atoms with Crippen LogP contribution in [0.15, 0.2) is 30.3 Å². The van der Waals surface area contributed by atoms with Gasteiger partial charge >= 0.3 is 5.71 Å². The molecule has 1 aromatic rings. The molecule has 0 amide bonds. The van der Waals surface area contributed by atoms with Gasteiger partial charge in [-0.3, -0.25) is 9.11 Å². The van der Waals surface area contributed by atoms with Gasteiger partial charge in [0, 0.05) is 5.56 Å². The molecule has 106 valence electrons. The van der Waals surface area contributed by atoms with Gasteiger partial charge in [0.25, 0.3) is 20.2 Å². The van der Waals surface area contributed by atoms with Gasteiger partial charge in [-0.05, 0) is 12.1 Å². The van der Waals surface area contributed by atoms with E-state index in [4.69, 9.17) is 14.6 Å². The fourth-order valence-electron chi connectivity index (χ4n) is 1.94. The van der Waals surface area contributed by atoms with Crippen LogP contribution in [0.5, 0.6) is 0 Å². The smallest absolute Gasteiger partial charge is 0.324 e. The third-order valence-corrected chi connectivity index (χ3v) is 4.66. The van der Waals surface area contributed by atoms with Crippen molar-refractivity contribution in [2.24, 2.45) is 0 Å². The Labute approximate surface area is 114 Å². The van der Waals surface area contributed by atoms with Crippen molar-refractivity contribution in [2.75, 3.05) is 0 Å². The first-order valence-electron chi connectivity index (χ1n) is 5.13. The number of rotatable bonds is 2. The van der Waals surface area contributed by atoms with Crippen LogP contribution in [0.1, 0.15) is 11.1 Å². The number of benzene rings is 1. The van der Waals surface area contributed by atoms with E-state index < -0.39 is 36.1 Å². The van der Waals surface area contributed by atoms with E-state index in [0.717, 1.165) is 0 Å². The number of fused-ring (bicyclic) bond motifs is 1. The zero-order chi connectivity index (χ0) is 15.1. The van der Waals surface area contributed by atoms with Gasteiger partial charge in [-0.1, -0.05) is 18.2 Å². The lowest BCUT2D eigenvalue weighted by atomic mass is 9.95. The highest BCUT2D eigenvalue weighted by Gasteiger charge is 2.42. The molecule has 10 heteroatoms. The molecule has 8 nitrogen and oxygen atoms in total. The summed E-state index contributed by atoms with van der Waals surface area (Å²) >= 11 is 0. The monoisotopic (exact) mass is 316 g/mol. The third-order valence-electron chi connectivity index (χ3n) is 2.75. The zero-order valence-corrected chi connectivity index (χ0v) is 11.3. The van der Waals surface area contributed by atoms with E-state index in [1.54, 1.807) is 0 Å². The van der Waals surface area contributed by atoms with Crippen LogP contribution in [0.25, 0.3) is 10.4 Å². The van der Waals surface area contributed by atoms with Crippen molar-refractivity contribution in [2.45, 2.75) is 5.25 Å². The van der Waals surface area contributed by atoms with Gasteiger partial charge in [-0.15, -0.1) is 0 Å². The first kappa shape index (κ1) is 14.6. The maximum absolute atomic E-state index is 11.3. The van der Waals surface area contributed by atoms with Crippen LogP contribution in [-0.4, -0.2) is 41.7 Å². The molecule has 1 aliphatic carbocycles. The highest BCUT2D eigenvalue weighted by molar-refractivity contribution is 7.95. The fraction of sp³-hybridized carbons (Fsp3) is 0.100. The second-order valence-corrected chi connectivity index (χ2v) is 6.90. The molecular weight excluding hydrogens is 308 g/mol. The summed E-state index contributed by atoms with van der Waals surface area (Å²) in [7, 11) is -9.48. The zero-order valence-electron chi connectivity index (χ0n) is 9.70. The average molecular weight is 316 g/mol. The molecule has 1 aliphatic rings. The van der Waals surface area contributed by atoms with Crippen LogP contribution >= 0.6 is 0 Å². The minimum Gasteiger partial charge on any atom is -0.361 e. The molecule has 0 spiro atoms. The minimum absolute atomic E-state index is 0.0206. The van der Waals surface area contributed by atoms with Crippen molar-refractivity contribution in [1.82, 2.24) is 0 Å². The summed E-state index contributed by atoms with van der Waals surface area (Å²) < 4.78 is 63.5. The molecule has 1 aromatic carbocycles. The molecule has 1 unspecified atom stereocenters. The van der Waals surface area contributed by atoms with E-state index in [2.05, 4.69) is 4.79 Å². The molecule has 0 saturated heterocycles. The molecule has 0 heterocycles. The summed E-state index contributed by atoms with van der Waals surface area (Å²) in [6.45, 7) is 0. The minimum atomic E-state index is -4.77. The molecule has 0 radical (unpaired) electrons.